The standard InChI is InChI=1S/C19H21FN2O2/c20-17-6-4-15(5-7-17)11-19(18(23)24)8-2-10-22(14-19)13-16-3-1-9-21-12-16/h1,3-7,9,12H,2,8,10-11,13-14H2,(H,23,24). The zero-order valence-corrected chi connectivity index (χ0v) is 13.5. The minimum atomic E-state index is -0.821. The molecule has 0 spiro atoms. The van der Waals surface area contributed by atoms with E-state index in [-0.39, 0.29) is 5.82 Å². The number of hydrogen-bond acceptors (Lipinski definition) is 3. The van der Waals surface area contributed by atoms with Gasteiger partial charge in [-0.1, -0.05) is 18.2 Å². The maximum atomic E-state index is 13.1. The molecule has 126 valence electrons. The molecule has 1 aromatic heterocycles. The molecule has 0 amide bonds. The quantitative estimate of drug-likeness (QED) is 0.916. The first kappa shape index (κ1) is 16.6. The fourth-order valence-corrected chi connectivity index (χ4v) is 3.50. The molecule has 1 unspecified atom stereocenters. The molecule has 3 rings (SSSR count). The van der Waals surface area contributed by atoms with Gasteiger partial charge in [-0.15, -0.1) is 0 Å². The lowest BCUT2D eigenvalue weighted by molar-refractivity contribution is -0.152. The number of aromatic nitrogens is 1. The fourth-order valence-electron chi connectivity index (χ4n) is 3.50. The summed E-state index contributed by atoms with van der Waals surface area (Å²) in [4.78, 5) is 18.3. The Balaban J connectivity index is 1.76. The summed E-state index contributed by atoms with van der Waals surface area (Å²) in [7, 11) is 0. The Morgan fingerprint density at radius 1 is 1.25 bits per heavy atom. The van der Waals surface area contributed by atoms with Crippen LogP contribution in [0.1, 0.15) is 24.0 Å². The van der Waals surface area contributed by atoms with Crippen molar-refractivity contribution in [1.29, 1.82) is 0 Å². The van der Waals surface area contributed by atoms with Crippen LogP contribution >= 0.6 is 0 Å². The van der Waals surface area contributed by atoms with E-state index >= 15 is 0 Å². The van der Waals surface area contributed by atoms with E-state index in [1.807, 2.05) is 18.3 Å². The number of benzene rings is 1. The van der Waals surface area contributed by atoms with Crippen LogP contribution in [0.2, 0.25) is 0 Å². The number of pyridine rings is 1. The number of carboxylic acid groups (broad SMARTS) is 1. The molecule has 2 aromatic rings. The largest absolute Gasteiger partial charge is 0.481 e. The van der Waals surface area contributed by atoms with Gasteiger partial charge in [-0.25, -0.2) is 4.39 Å². The van der Waals surface area contributed by atoms with Gasteiger partial charge >= 0.3 is 5.97 Å². The number of halogens is 1. The molecule has 0 bridgehead atoms. The molecule has 1 saturated heterocycles. The van der Waals surface area contributed by atoms with Gasteiger partial charge in [-0.3, -0.25) is 14.7 Å². The highest BCUT2D eigenvalue weighted by Gasteiger charge is 2.42. The van der Waals surface area contributed by atoms with Gasteiger partial charge in [0.15, 0.2) is 0 Å². The summed E-state index contributed by atoms with van der Waals surface area (Å²) in [5, 5.41) is 9.88. The lowest BCUT2D eigenvalue weighted by Crippen LogP contribution is -2.48. The van der Waals surface area contributed by atoms with E-state index in [0.717, 1.165) is 24.1 Å². The van der Waals surface area contributed by atoms with E-state index in [1.165, 1.54) is 12.1 Å². The van der Waals surface area contributed by atoms with Gasteiger partial charge in [-0.2, -0.15) is 0 Å². The maximum Gasteiger partial charge on any atom is 0.311 e. The van der Waals surface area contributed by atoms with Crippen molar-refractivity contribution in [2.45, 2.75) is 25.8 Å². The molecule has 1 atom stereocenters. The van der Waals surface area contributed by atoms with Gasteiger partial charge in [0.25, 0.3) is 0 Å². The molecule has 1 fully saturated rings. The topological polar surface area (TPSA) is 53.4 Å². The molecule has 5 heteroatoms. The molecule has 1 aliphatic heterocycles. The third-order valence-corrected chi connectivity index (χ3v) is 4.69. The summed E-state index contributed by atoms with van der Waals surface area (Å²) in [5.74, 6) is -1.08. The third kappa shape index (κ3) is 3.79. The summed E-state index contributed by atoms with van der Waals surface area (Å²) < 4.78 is 13.1. The first-order chi connectivity index (χ1) is 11.6. The van der Waals surface area contributed by atoms with Crippen LogP contribution in [-0.2, 0) is 17.8 Å². The average Bonchev–Trinajstić information content (AvgIpc) is 2.58. The number of carboxylic acids is 1. The molecule has 0 radical (unpaired) electrons. The Morgan fingerprint density at radius 3 is 2.71 bits per heavy atom. The van der Waals surface area contributed by atoms with E-state index in [4.69, 9.17) is 0 Å². The highest BCUT2D eigenvalue weighted by Crippen LogP contribution is 2.34. The van der Waals surface area contributed by atoms with Gasteiger partial charge < -0.3 is 5.11 Å². The predicted octanol–water partition coefficient (Wildman–Crippen LogP) is 3.13. The lowest BCUT2D eigenvalue weighted by Gasteiger charge is -2.40. The number of carbonyl (C=O) groups is 1. The van der Waals surface area contributed by atoms with Crippen LogP contribution in [0.3, 0.4) is 0 Å². The summed E-state index contributed by atoms with van der Waals surface area (Å²) in [5.41, 5.74) is 1.13. The molecule has 24 heavy (non-hydrogen) atoms. The number of aliphatic carboxylic acids is 1. The zero-order chi connectivity index (χ0) is 17.0. The van der Waals surface area contributed by atoms with Gasteiger partial charge in [0.05, 0.1) is 5.41 Å². The van der Waals surface area contributed by atoms with Gasteiger partial charge in [0, 0.05) is 25.5 Å². The van der Waals surface area contributed by atoms with Crippen LogP contribution in [-0.4, -0.2) is 34.0 Å². The van der Waals surface area contributed by atoms with E-state index in [9.17, 15) is 14.3 Å². The van der Waals surface area contributed by atoms with Crippen LogP contribution < -0.4 is 0 Å². The third-order valence-electron chi connectivity index (χ3n) is 4.69. The number of hydrogen-bond donors (Lipinski definition) is 1. The first-order valence-corrected chi connectivity index (χ1v) is 8.16. The Bertz CT molecular complexity index is 690. The highest BCUT2D eigenvalue weighted by atomic mass is 19.1. The first-order valence-electron chi connectivity index (χ1n) is 8.16. The molecule has 0 saturated carbocycles. The normalized spacial score (nSPS) is 21.5. The van der Waals surface area contributed by atoms with Crippen LogP contribution in [0, 0.1) is 11.2 Å². The Hall–Kier alpha value is -2.27. The fraction of sp³-hybridized carbons (Fsp3) is 0.368. The smallest absolute Gasteiger partial charge is 0.311 e. The van der Waals surface area contributed by atoms with Gasteiger partial charge in [-0.05, 0) is 55.1 Å². The summed E-state index contributed by atoms with van der Waals surface area (Å²) in [6.07, 6.45) is 5.45. The minimum absolute atomic E-state index is 0.301. The van der Waals surface area contributed by atoms with Crippen molar-refractivity contribution in [3.63, 3.8) is 0 Å². The van der Waals surface area contributed by atoms with Gasteiger partial charge in [0.2, 0.25) is 0 Å². The lowest BCUT2D eigenvalue weighted by atomic mass is 9.75. The van der Waals surface area contributed by atoms with Crippen molar-refractivity contribution in [2.75, 3.05) is 13.1 Å². The van der Waals surface area contributed by atoms with Crippen LogP contribution in [0.15, 0.2) is 48.8 Å². The second-order valence-corrected chi connectivity index (χ2v) is 6.56. The molecule has 1 aromatic carbocycles. The monoisotopic (exact) mass is 328 g/mol. The minimum Gasteiger partial charge on any atom is -0.481 e. The van der Waals surface area contributed by atoms with Crippen molar-refractivity contribution in [3.05, 3.63) is 65.7 Å². The highest BCUT2D eigenvalue weighted by molar-refractivity contribution is 5.75. The van der Waals surface area contributed by atoms with E-state index in [1.54, 1.807) is 18.3 Å². The molecular formula is C19H21FN2O2. The van der Waals surface area contributed by atoms with Crippen molar-refractivity contribution in [2.24, 2.45) is 5.41 Å². The Labute approximate surface area is 141 Å². The van der Waals surface area contributed by atoms with E-state index in [0.29, 0.717) is 25.9 Å². The molecule has 4 nitrogen and oxygen atoms in total. The molecule has 2 heterocycles. The van der Waals surface area contributed by atoms with Crippen molar-refractivity contribution < 1.29 is 14.3 Å². The van der Waals surface area contributed by atoms with Crippen molar-refractivity contribution >= 4 is 5.97 Å². The van der Waals surface area contributed by atoms with Crippen molar-refractivity contribution in [1.82, 2.24) is 9.88 Å². The SMILES string of the molecule is O=C(O)C1(Cc2ccc(F)cc2)CCCN(Cc2cccnc2)C1. The molecule has 1 aliphatic rings. The van der Waals surface area contributed by atoms with E-state index in [2.05, 4.69) is 9.88 Å². The van der Waals surface area contributed by atoms with Crippen LogP contribution in [0.25, 0.3) is 0 Å². The van der Waals surface area contributed by atoms with Gasteiger partial charge in [0.1, 0.15) is 5.82 Å². The summed E-state index contributed by atoms with van der Waals surface area (Å²) in [6, 6.07) is 10.0. The zero-order valence-electron chi connectivity index (χ0n) is 13.5. The second kappa shape index (κ2) is 7.09. The van der Waals surface area contributed by atoms with Crippen molar-refractivity contribution in [3.8, 4) is 0 Å². The molecular weight excluding hydrogens is 307 g/mol. The predicted molar refractivity (Wildman–Crippen MR) is 88.9 cm³/mol. The van der Waals surface area contributed by atoms with E-state index < -0.39 is 11.4 Å². The average molecular weight is 328 g/mol. The van der Waals surface area contributed by atoms with Crippen LogP contribution in [0.4, 0.5) is 4.39 Å². The second-order valence-electron chi connectivity index (χ2n) is 6.56. The Kier molecular flexibility index (Phi) is 4.90. The summed E-state index contributed by atoms with van der Waals surface area (Å²) >= 11 is 0. The maximum absolute atomic E-state index is 13.1. The number of likely N-dealkylation sites (tertiary alicyclic amines) is 1. The molecule has 0 aliphatic carbocycles. The molecule has 1 N–H and O–H groups in total. The number of nitrogens with zero attached hydrogens (tertiary/aromatic N) is 2. The Morgan fingerprint density at radius 2 is 2.04 bits per heavy atom. The number of piperidine rings is 1. The number of rotatable bonds is 5. The summed E-state index contributed by atoms with van der Waals surface area (Å²) in [6.45, 7) is 2.08. The van der Waals surface area contributed by atoms with Crippen LogP contribution in [0.5, 0.6) is 0 Å².